The average molecular weight is 1100 g/mol. The summed E-state index contributed by atoms with van der Waals surface area (Å²) in [4.78, 5) is 6.20. The maximum atomic E-state index is 6.20. The van der Waals surface area contributed by atoms with Crippen LogP contribution in [0.2, 0.25) is 0 Å². The van der Waals surface area contributed by atoms with Gasteiger partial charge in [-0.15, -0.1) is 0 Å². The molecule has 7 heterocycles. The molecule has 5 heteroatoms. The lowest BCUT2D eigenvalue weighted by Gasteiger charge is -2.21. The molecule has 0 bridgehead atoms. The van der Waals surface area contributed by atoms with Gasteiger partial charge in [-0.25, -0.2) is 4.98 Å². The molecule has 19 aromatic rings. The van der Waals surface area contributed by atoms with Crippen LogP contribution in [0, 0.1) is 0 Å². The van der Waals surface area contributed by atoms with E-state index in [0.29, 0.717) is 0 Å². The van der Waals surface area contributed by atoms with E-state index in [1.54, 1.807) is 0 Å². The van der Waals surface area contributed by atoms with Crippen molar-refractivity contribution >= 4 is 142 Å². The second-order valence-electron chi connectivity index (χ2n) is 26.3. The Kier molecular flexibility index (Phi) is 9.28. The first kappa shape index (κ1) is 47.9. The molecule has 7 aromatic heterocycles. The zero-order valence-electron chi connectivity index (χ0n) is 48.8. The molecule has 0 atom stereocenters. The number of hydrogen-bond acceptors (Lipinski definition) is 1. The van der Waals surface area contributed by atoms with E-state index < -0.39 is 0 Å². The molecule has 0 radical (unpaired) electrons. The highest BCUT2D eigenvalue weighted by Crippen LogP contribution is 2.52. The third-order valence-electron chi connectivity index (χ3n) is 19.4. The Labute approximate surface area is 495 Å². The Balaban J connectivity index is 0.966. The van der Waals surface area contributed by atoms with Crippen molar-refractivity contribution in [3.05, 3.63) is 248 Å². The van der Waals surface area contributed by atoms with Gasteiger partial charge in [-0.05, 0) is 158 Å². The minimum absolute atomic E-state index is 0.119. The number of para-hydroxylation sites is 4. The van der Waals surface area contributed by atoms with Crippen molar-refractivity contribution < 1.29 is 0 Å². The summed E-state index contributed by atoms with van der Waals surface area (Å²) in [6.07, 6.45) is 0. The van der Waals surface area contributed by atoms with E-state index in [1.165, 1.54) is 153 Å². The fraction of sp³-hybridized carbons (Fsp3) is 0.0988. The maximum Gasteiger partial charge on any atom is 0.146 e. The predicted molar refractivity (Wildman–Crippen MR) is 366 cm³/mol. The van der Waals surface area contributed by atoms with Crippen LogP contribution in [-0.2, 0) is 10.8 Å². The van der Waals surface area contributed by atoms with Crippen molar-refractivity contribution in [2.75, 3.05) is 0 Å². The van der Waals surface area contributed by atoms with Gasteiger partial charge in [0.05, 0.1) is 55.2 Å². The van der Waals surface area contributed by atoms with E-state index in [4.69, 9.17) is 4.98 Å². The molecule has 0 saturated carbocycles. The maximum absolute atomic E-state index is 6.20. The summed E-state index contributed by atoms with van der Waals surface area (Å²) in [5.74, 6) is 0. The molecule has 19 rings (SSSR count). The number of rotatable bonds is 4. The lowest BCUT2D eigenvalue weighted by Crippen LogP contribution is -2.11. The normalized spacial score (nSPS) is 13.0. The number of aromatic nitrogens is 5. The second kappa shape index (κ2) is 16.6. The average Bonchev–Trinajstić information content (AvgIpc) is 1.58. The van der Waals surface area contributed by atoms with Crippen molar-refractivity contribution in [2.45, 2.75) is 52.4 Å². The summed E-state index contributed by atoms with van der Waals surface area (Å²) in [6.45, 7) is 14.1. The Morgan fingerprint density at radius 1 is 0.291 bits per heavy atom. The van der Waals surface area contributed by atoms with Crippen molar-refractivity contribution in [2.24, 2.45) is 0 Å². The molecule has 86 heavy (non-hydrogen) atoms. The van der Waals surface area contributed by atoms with E-state index in [-0.39, 0.29) is 10.8 Å². The van der Waals surface area contributed by atoms with Gasteiger partial charge in [0.2, 0.25) is 0 Å². The Morgan fingerprint density at radius 2 is 0.756 bits per heavy atom. The molecule has 0 aliphatic carbocycles. The fourth-order valence-corrected chi connectivity index (χ4v) is 15.4. The Morgan fingerprint density at radius 3 is 1.35 bits per heavy atom. The van der Waals surface area contributed by atoms with E-state index in [1.807, 2.05) is 0 Å². The molecule has 0 aliphatic heterocycles. The Bertz CT molecular complexity index is 6130. The van der Waals surface area contributed by atoms with Gasteiger partial charge in [-0.1, -0.05) is 175 Å². The summed E-state index contributed by atoms with van der Waals surface area (Å²) in [5.41, 5.74) is 22.2. The molecule has 0 aliphatic rings. The molecule has 406 valence electrons. The smallest absolute Gasteiger partial charge is 0.146 e. The topological polar surface area (TPSA) is 31.6 Å². The molecule has 5 nitrogen and oxygen atoms in total. The van der Waals surface area contributed by atoms with Crippen molar-refractivity contribution in [3.63, 3.8) is 0 Å². The molecular formula is C81H57N5. The molecule has 0 unspecified atom stereocenters. The zero-order valence-corrected chi connectivity index (χ0v) is 48.8. The van der Waals surface area contributed by atoms with Crippen LogP contribution < -0.4 is 0 Å². The largest absolute Gasteiger partial charge is 0.309 e. The number of hydrogen-bond donors (Lipinski definition) is 0. The first-order valence-electron chi connectivity index (χ1n) is 30.3. The summed E-state index contributed by atoms with van der Waals surface area (Å²) in [5, 5.41) is 18.5. The van der Waals surface area contributed by atoms with Gasteiger partial charge in [0, 0.05) is 81.8 Å². The third kappa shape index (κ3) is 6.31. The highest BCUT2D eigenvalue weighted by molar-refractivity contribution is 6.35. The summed E-state index contributed by atoms with van der Waals surface area (Å²) >= 11 is 0. The molecule has 0 spiro atoms. The first-order valence-corrected chi connectivity index (χ1v) is 30.3. The SMILES string of the molecule is CC(C)(C)c1cc(-c2ccc3c(c2)c2ccccc2n3-c2ccccc2)c2c(c1)c1cc3ccccc3c3c4nc5c(cc4n2c13)c1cc(C(C)(C)C)cc2c3c4ccccc4cc(-c4ccc6c(c4)c4ccccc4n6-c4ccccc4)c3n5c12. The molecule has 0 N–H and O–H groups in total. The quantitative estimate of drug-likeness (QED) is 0.173. The molecule has 0 saturated heterocycles. The molecular weight excluding hydrogens is 1040 g/mol. The summed E-state index contributed by atoms with van der Waals surface area (Å²) in [7, 11) is 0. The third-order valence-corrected chi connectivity index (χ3v) is 19.4. The van der Waals surface area contributed by atoms with E-state index in [9.17, 15) is 0 Å². The Hall–Kier alpha value is -10.5. The van der Waals surface area contributed by atoms with Gasteiger partial charge in [0.1, 0.15) is 5.65 Å². The van der Waals surface area contributed by atoms with Crippen molar-refractivity contribution in [1.29, 1.82) is 0 Å². The number of nitrogens with zero attached hydrogens (tertiary/aromatic N) is 5. The predicted octanol–water partition coefficient (Wildman–Crippen LogP) is 21.8. The first-order chi connectivity index (χ1) is 41.9. The van der Waals surface area contributed by atoms with Crippen LogP contribution in [0.25, 0.3) is 175 Å². The monoisotopic (exact) mass is 1100 g/mol. The molecule has 12 aromatic carbocycles. The van der Waals surface area contributed by atoms with Gasteiger partial charge in [0.25, 0.3) is 0 Å². The van der Waals surface area contributed by atoms with Crippen LogP contribution in [0.1, 0.15) is 52.7 Å². The van der Waals surface area contributed by atoms with Crippen LogP contribution in [0.15, 0.2) is 237 Å². The second-order valence-corrected chi connectivity index (χ2v) is 26.3. The van der Waals surface area contributed by atoms with E-state index in [0.717, 1.165) is 33.4 Å². The summed E-state index contributed by atoms with van der Waals surface area (Å²) < 4.78 is 10.0. The van der Waals surface area contributed by atoms with Gasteiger partial charge in [-0.2, -0.15) is 0 Å². The minimum atomic E-state index is -0.135. The van der Waals surface area contributed by atoms with Gasteiger partial charge >= 0.3 is 0 Å². The van der Waals surface area contributed by atoms with Crippen LogP contribution in [0.3, 0.4) is 0 Å². The zero-order chi connectivity index (χ0) is 57.2. The number of pyridine rings is 1. The lowest BCUT2D eigenvalue weighted by molar-refractivity contribution is 0.591. The minimum Gasteiger partial charge on any atom is -0.309 e. The highest BCUT2D eigenvalue weighted by atomic mass is 15.0. The van der Waals surface area contributed by atoms with Crippen LogP contribution >= 0.6 is 0 Å². The fourth-order valence-electron chi connectivity index (χ4n) is 15.4. The standard InChI is InChI=1S/C81H57N5/c1-80(2,3)50-41-59(49-34-36-70-61(39-49)57-30-18-20-32-68(57)84(70)53-25-11-8-12-26-53)75-63(42-50)62-40-47-22-14-16-28-55(47)73-74-71(85(75)78(62)73)45-65-64-43-51(81(4,5)6)44-66-72-54-27-15-13-21-46(54)37-58(77(72)86(76(64)66)79(65)82-74)48-33-35-69-60(38-48)56-29-17-19-31-67(56)83(69)52-23-9-7-10-24-52/h7-45H,1-6H3. The molecule has 0 amide bonds. The van der Waals surface area contributed by atoms with Crippen molar-refractivity contribution in [3.8, 4) is 33.6 Å². The summed E-state index contributed by atoms with van der Waals surface area (Å²) in [6, 6.07) is 89.1. The highest BCUT2D eigenvalue weighted by Gasteiger charge is 2.31. The van der Waals surface area contributed by atoms with Gasteiger partial charge in [0.15, 0.2) is 0 Å². The van der Waals surface area contributed by atoms with E-state index in [2.05, 4.69) is 296 Å². The number of fused-ring (bicyclic) bond motifs is 22. The lowest BCUT2D eigenvalue weighted by atomic mass is 9.84. The van der Waals surface area contributed by atoms with Gasteiger partial charge in [-0.3, -0.25) is 4.40 Å². The van der Waals surface area contributed by atoms with Gasteiger partial charge < -0.3 is 13.5 Å². The van der Waals surface area contributed by atoms with Crippen molar-refractivity contribution in [1.82, 2.24) is 22.9 Å². The van der Waals surface area contributed by atoms with Crippen LogP contribution in [0.4, 0.5) is 0 Å². The molecule has 0 fully saturated rings. The van der Waals surface area contributed by atoms with Crippen LogP contribution in [-0.4, -0.2) is 22.9 Å². The number of benzene rings is 12. The van der Waals surface area contributed by atoms with E-state index >= 15 is 0 Å². The van der Waals surface area contributed by atoms with Crippen LogP contribution in [0.5, 0.6) is 0 Å².